The summed E-state index contributed by atoms with van der Waals surface area (Å²) in [6.07, 6.45) is 5.07. The van der Waals surface area contributed by atoms with Crippen LogP contribution < -0.4 is 16.0 Å². The summed E-state index contributed by atoms with van der Waals surface area (Å²) in [4.78, 5) is 17.1. The summed E-state index contributed by atoms with van der Waals surface area (Å²) < 4.78 is 1.57. The van der Waals surface area contributed by atoms with E-state index < -0.39 is 0 Å². The van der Waals surface area contributed by atoms with Gasteiger partial charge in [-0.15, -0.1) is 5.10 Å². The largest absolute Gasteiger partial charge is 0.349 e. The number of aromatic nitrogens is 3. The average molecular weight is 375 g/mol. The molecule has 0 radical (unpaired) electrons. The van der Waals surface area contributed by atoms with Gasteiger partial charge in [-0.1, -0.05) is 18.6 Å². The lowest BCUT2D eigenvalue weighted by atomic mass is 10.1. The third-order valence-electron chi connectivity index (χ3n) is 4.81. The van der Waals surface area contributed by atoms with Gasteiger partial charge in [-0.25, -0.2) is 9.50 Å². The van der Waals surface area contributed by atoms with Crippen LogP contribution in [0, 0.1) is 11.3 Å². The van der Waals surface area contributed by atoms with Crippen molar-refractivity contribution in [3.8, 4) is 6.07 Å². The number of hydrogen-bond acceptors (Lipinski definition) is 6. The van der Waals surface area contributed by atoms with Crippen LogP contribution in [-0.4, -0.2) is 39.6 Å². The Bertz CT molecular complexity index is 1030. The van der Waals surface area contributed by atoms with E-state index in [0.717, 1.165) is 31.4 Å². The molecule has 1 aliphatic heterocycles. The standard InChI is InChI=1S/C20H21N7O/c21-11-14-5-1-2-7-17(14)25-19(28)18-9-8-16-13-23-20(26-27(16)18)24-15-6-3-4-10-22-12-15/h1-2,5,7-9,13,15,22H,3-4,6,10,12H2,(H,24,26)(H,25,28)/t15-/m0/s1. The zero-order chi connectivity index (χ0) is 19.3. The number of hydrogen-bond donors (Lipinski definition) is 3. The molecule has 1 aromatic carbocycles. The lowest BCUT2D eigenvalue weighted by molar-refractivity contribution is 0.102. The molecule has 1 aliphatic rings. The van der Waals surface area contributed by atoms with E-state index in [9.17, 15) is 10.1 Å². The Balaban J connectivity index is 1.57. The molecule has 8 nitrogen and oxygen atoms in total. The maximum absolute atomic E-state index is 12.8. The van der Waals surface area contributed by atoms with E-state index in [1.807, 2.05) is 0 Å². The Hall–Kier alpha value is -3.44. The van der Waals surface area contributed by atoms with Crippen molar-refractivity contribution < 1.29 is 4.79 Å². The first-order valence-electron chi connectivity index (χ1n) is 9.37. The fourth-order valence-corrected chi connectivity index (χ4v) is 3.34. The fourth-order valence-electron chi connectivity index (χ4n) is 3.34. The molecule has 1 atom stereocenters. The SMILES string of the molecule is N#Cc1ccccc1NC(=O)c1ccc2cnc(N[C@H]3CCCCNC3)nn12. The topological polar surface area (TPSA) is 107 Å². The Morgan fingerprint density at radius 2 is 2.14 bits per heavy atom. The van der Waals surface area contributed by atoms with Gasteiger partial charge in [-0.05, 0) is 43.7 Å². The van der Waals surface area contributed by atoms with Crippen LogP contribution in [0.25, 0.3) is 5.52 Å². The number of amides is 1. The van der Waals surface area contributed by atoms with Crippen molar-refractivity contribution in [2.45, 2.75) is 25.3 Å². The molecule has 0 bridgehead atoms. The van der Waals surface area contributed by atoms with Crippen molar-refractivity contribution in [1.29, 1.82) is 5.26 Å². The number of para-hydroxylation sites is 1. The van der Waals surface area contributed by atoms with Crippen LogP contribution in [0.4, 0.5) is 11.6 Å². The number of nitrogens with zero attached hydrogens (tertiary/aromatic N) is 4. The van der Waals surface area contributed by atoms with Crippen LogP contribution in [0.2, 0.25) is 0 Å². The average Bonchev–Trinajstić information content (AvgIpc) is 2.97. The molecule has 0 aliphatic carbocycles. The molecule has 4 rings (SSSR count). The van der Waals surface area contributed by atoms with Gasteiger partial charge in [0, 0.05) is 12.6 Å². The third kappa shape index (κ3) is 3.80. The van der Waals surface area contributed by atoms with E-state index in [0.29, 0.717) is 22.9 Å². The van der Waals surface area contributed by atoms with Gasteiger partial charge in [-0.3, -0.25) is 4.79 Å². The van der Waals surface area contributed by atoms with Gasteiger partial charge in [0.25, 0.3) is 5.91 Å². The second kappa shape index (κ2) is 8.06. The molecule has 0 unspecified atom stereocenters. The van der Waals surface area contributed by atoms with E-state index in [4.69, 9.17) is 0 Å². The number of anilines is 2. The highest BCUT2D eigenvalue weighted by molar-refractivity contribution is 6.04. The van der Waals surface area contributed by atoms with Crippen molar-refractivity contribution >= 4 is 23.1 Å². The fraction of sp³-hybridized carbons (Fsp3) is 0.300. The Morgan fingerprint density at radius 3 is 3.04 bits per heavy atom. The lowest BCUT2D eigenvalue weighted by Gasteiger charge is -2.16. The number of nitrogens with one attached hydrogen (secondary N) is 3. The van der Waals surface area contributed by atoms with Gasteiger partial charge < -0.3 is 16.0 Å². The summed E-state index contributed by atoms with van der Waals surface area (Å²) in [6, 6.07) is 12.7. The number of rotatable bonds is 4. The molecule has 3 heterocycles. The van der Waals surface area contributed by atoms with Gasteiger partial charge in [0.05, 0.1) is 23.0 Å². The second-order valence-electron chi connectivity index (χ2n) is 6.79. The lowest BCUT2D eigenvalue weighted by Crippen LogP contribution is -2.31. The van der Waals surface area contributed by atoms with Gasteiger partial charge in [0.2, 0.25) is 5.95 Å². The van der Waals surface area contributed by atoms with Gasteiger partial charge >= 0.3 is 0 Å². The minimum absolute atomic E-state index is 0.260. The number of nitriles is 1. The molecule has 0 spiro atoms. The predicted molar refractivity (Wildman–Crippen MR) is 106 cm³/mol. The molecule has 3 N–H and O–H groups in total. The van der Waals surface area contributed by atoms with Crippen molar-refractivity contribution in [3.05, 3.63) is 53.9 Å². The van der Waals surface area contributed by atoms with Gasteiger partial charge in [0.1, 0.15) is 11.8 Å². The summed E-state index contributed by atoms with van der Waals surface area (Å²) in [6.45, 7) is 1.90. The molecule has 8 heteroatoms. The van der Waals surface area contributed by atoms with Crippen LogP contribution in [-0.2, 0) is 0 Å². The first-order chi connectivity index (χ1) is 13.7. The van der Waals surface area contributed by atoms with Crippen molar-refractivity contribution in [3.63, 3.8) is 0 Å². The van der Waals surface area contributed by atoms with Crippen LogP contribution in [0.5, 0.6) is 0 Å². The third-order valence-corrected chi connectivity index (χ3v) is 4.81. The summed E-state index contributed by atoms with van der Waals surface area (Å²) in [7, 11) is 0. The molecule has 1 saturated heterocycles. The first-order valence-corrected chi connectivity index (χ1v) is 9.37. The predicted octanol–water partition coefficient (Wildman–Crippen LogP) is 2.41. The summed E-state index contributed by atoms with van der Waals surface area (Å²) >= 11 is 0. The van der Waals surface area contributed by atoms with Crippen molar-refractivity contribution in [1.82, 2.24) is 19.9 Å². The van der Waals surface area contributed by atoms with Crippen LogP contribution in [0.1, 0.15) is 35.3 Å². The van der Waals surface area contributed by atoms with E-state index in [1.165, 1.54) is 6.42 Å². The minimum Gasteiger partial charge on any atom is -0.349 e. The molecule has 2 aromatic heterocycles. The van der Waals surface area contributed by atoms with Crippen LogP contribution >= 0.6 is 0 Å². The molecule has 1 amide bonds. The maximum Gasteiger partial charge on any atom is 0.274 e. The maximum atomic E-state index is 12.8. The number of carbonyl (C=O) groups excluding carboxylic acids is 1. The molecule has 142 valence electrons. The van der Waals surface area contributed by atoms with Crippen LogP contribution in [0.3, 0.4) is 0 Å². The highest BCUT2D eigenvalue weighted by Crippen LogP contribution is 2.17. The minimum atomic E-state index is -0.330. The summed E-state index contributed by atoms with van der Waals surface area (Å²) in [5.74, 6) is 0.160. The zero-order valence-corrected chi connectivity index (χ0v) is 15.4. The molecular formula is C20H21N7O. The second-order valence-corrected chi connectivity index (χ2v) is 6.79. The van der Waals surface area contributed by atoms with Gasteiger partial charge in [-0.2, -0.15) is 5.26 Å². The number of fused-ring (bicyclic) bond motifs is 1. The quantitative estimate of drug-likeness (QED) is 0.646. The Labute approximate surface area is 162 Å². The van der Waals surface area contributed by atoms with Crippen molar-refractivity contribution in [2.24, 2.45) is 0 Å². The van der Waals surface area contributed by atoms with Crippen molar-refractivity contribution in [2.75, 3.05) is 23.7 Å². The summed E-state index contributed by atoms with van der Waals surface area (Å²) in [5.41, 5.74) is 1.99. The van der Waals surface area contributed by atoms with Crippen LogP contribution in [0.15, 0.2) is 42.6 Å². The molecular weight excluding hydrogens is 354 g/mol. The highest BCUT2D eigenvalue weighted by Gasteiger charge is 2.16. The number of benzene rings is 1. The normalized spacial score (nSPS) is 16.9. The van der Waals surface area contributed by atoms with E-state index in [2.05, 4.69) is 32.1 Å². The Kier molecular flexibility index (Phi) is 5.17. The molecule has 3 aromatic rings. The zero-order valence-electron chi connectivity index (χ0n) is 15.4. The summed E-state index contributed by atoms with van der Waals surface area (Å²) in [5, 5.41) is 23.3. The monoisotopic (exact) mass is 375 g/mol. The first kappa shape index (κ1) is 17.9. The van der Waals surface area contributed by atoms with E-state index in [-0.39, 0.29) is 11.9 Å². The van der Waals surface area contributed by atoms with E-state index >= 15 is 0 Å². The number of carbonyl (C=O) groups is 1. The smallest absolute Gasteiger partial charge is 0.274 e. The van der Waals surface area contributed by atoms with Gasteiger partial charge in [0.15, 0.2) is 0 Å². The molecule has 1 fully saturated rings. The molecule has 28 heavy (non-hydrogen) atoms. The highest BCUT2D eigenvalue weighted by atomic mass is 16.2. The van der Waals surface area contributed by atoms with E-state index in [1.54, 1.807) is 47.1 Å². The molecule has 0 saturated carbocycles. The Morgan fingerprint density at radius 1 is 1.25 bits per heavy atom.